The smallest absolute Gasteiger partial charge is 0.164 e. The Labute approximate surface area is 431 Å². The normalized spacial score (nSPS) is 11.7. The van der Waals surface area contributed by atoms with Crippen LogP contribution in [0.3, 0.4) is 0 Å². The molecule has 11 aromatic carbocycles. The van der Waals surface area contributed by atoms with E-state index in [0.717, 1.165) is 111 Å². The molecule has 0 aliphatic rings. The highest BCUT2D eigenvalue weighted by molar-refractivity contribution is 6.14. The lowest BCUT2D eigenvalue weighted by Crippen LogP contribution is -2.04. The molecule has 15 rings (SSSR count). The molecule has 0 saturated heterocycles. The molecule has 0 aliphatic carbocycles. The van der Waals surface area contributed by atoms with Gasteiger partial charge >= 0.3 is 0 Å². The van der Waals surface area contributed by atoms with E-state index in [1.54, 1.807) is 0 Å². The van der Waals surface area contributed by atoms with E-state index < -0.39 is 0 Å². The quantitative estimate of drug-likeness (QED) is 0.152. The highest BCUT2D eigenvalue weighted by Gasteiger charge is 2.25. The zero-order valence-electron chi connectivity index (χ0n) is 40.4. The highest BCUT2D eigenvalue weighted by Crippen LogP contribution is 2.46. The van der Waals surface area contributed by atoms with Gasteiger partial charge < -0.3 is 13.4 Å². The van der Waals surface area contributed by atoms with Crippen molar-refractivity contribution >= 4 is 65.7 Å². The number of rotatable bonds is 8. The molecule has 350 valence electrons. The molecular formula is C69H42N4O2. The molecule has 4 aromatic heterocycles. The number of furan rings is 2. The Morgan fingerprint density at radius 1 is 0.253 bits per heavy atom. The predicted molar refractivity (Wildman–Crippen MR) is 307 cm³/mol. The van der Waals surface area contributed by atoms with Gasteiger partial charge in [-0.25, -0.2) is 15.0 Å². The molecule has 0 saturated carbocycles. The summed E-state index contributed by atoms with van der Waals surface area (Å²) >= 11 is 0. The van der Waals surface area contributed by atoms with Gasteiger partial charge in [0.2, 0.25) is 0 Å². The minimum atomic E-state index is 0.542. The van der Waals surface area contributed by atoms with Crippen LogP contribution in [0.15, 0.2) is 264 Å². The van der Waals surface area contributed by atoms with Gasteiger partial charge in [-0.3, -0.25) is 0 Å². The van der Waals surface area contributed by atoms with Crippen LogP contribution in [0.1, 0.15) is 0 Å². The fourth-order valence-corrected chi connectivity index (χ4v) is 11.1. The molecule has 0 radical (unpaired) electrons. The first-order valence-corrected chi connectivity index (χ1v) is 25.2. The van der Waals surface area contributed by atoms with E-state index in [-0.39, 0.29) is 0 Å². The third-order valence-electron chi connectivity index (χ3n) is 14.7. The van der Waals surface area contributed by atoms with Crippen LogP contribution >= 0.6 is 0 Å². The van der Waals surface area contributed by atoms with E-state index in [4.69, 9.17) is 23.8 Å². The number of hydrogen-bond donors (Lipinski definition) is 0. The molecule has 0 amide bonds. The van der Waals surface area contributed by atoms with E-state index in [0.29, 0.717) is 17.5 Å². The van der Waals surface area contributed by atoms with Crippen LogP contribution in [-0.4, -0.2) is 19.5 Å². The Balaban J connectivity index is 1.03. The zero-order chi connectivity index (χ0) is 49.4. The molecule has 0 bridgehead atoms. The average molecular weight is 959 g/mol. The lowest BCUT2D eigenvalue weighted by atomic mass is 9.92. The third-order valence-corrected chi connectivity index (χ3v) is 14.7. The van der Waals surface area contributed by atoms with Gasteiger partial charge in [-0.2, -0.15) is 0 Å². The molecule has 0 aliphatic heterocycles. The number of hydrogen-bond acceptors (Lipinski definition) is 5. The monoisotopic (exact) mass is 958 g/mol. The standard InChI is InChI=1S/C69H42N4O2/c1-5-18-43(19-6-1)47-32-35-59-56(38-47)57-39-48(44-20-7-2-8-21-44)33-36-60(57)73(59)66-54(45-22-9-3-10-23-45)41-50(42-55(66)46-24-11-4-12-25-46)68-70-67(49-34-37-63-58(40-49)51-26-13-15-29-61(51)74-63)71-69(72-68)53-28-17-31-64-65(53)52-27-14-16-30-62(52)75-64/h1-42H. The van der Waals surface area contributed by atoms with Crippen molar-refractivity contribution in [2.75, 3.05) is 0 Å². The van der Waals surface area contributed by atoms with Crippen molar-refractivity contribution in [3.05, 3.63) is 255 Å². The van der Waals surface area contributed by atoms with Gasteiger partial charge in [0.25, 0.3) is 0 Å². The molecule has 6 nitrogen and oxygen atoms in total. The van der Waals surface area contributed by atoms with Crippen molar-refractivity contribution in [3.8, 4) is 84.4 Å². The number of nitrogens with zero attached hydrogens (tertiary/aromatic N) is 4. The second kappa shape index (κ2) is 17.3. The molecule has 4 heterocycles. The van der Waals surface area contributed by atoms with Gasteiger partial charge in [0.05, 0.1) is 16.7 Å². The third kappa shape index (κ3) is 7.14. The Kier molecular flexibility index (Phi) is 9.78. The van der Waals surface area contributed by atoms with Crippen molar-refractivity contribution in [2.24, 2.45) is 0 Å². The maximum absolute atomic E-state index is 6.44. The lowest BCUT2D eigenvalue weighted by Gasteiger charge is -2.21. The maximum Gasteiger partial charge on any atom is 0.164 e. The fraction of sp³-hybridized carbons (Fsp3) is 0. The topological polar surface area (TPSA) is 69.9 Å². The predicted octanol–water partition coefficient (Wildman–Crippen LogP) is 18.4. The van der Waals surface area contributed by atoms with Crippen LogP contribution < -0.4 is 0 Å². The van der Waals surface area contributed by atoms with E-state index in [1.807, 2.05) is 60.7 Å². The van der Waals surface area contributed by atoms with Gasteiger partial charge in [0, 0.05) is 60.1 Å². The number of para-hydroxylation sites is 2. The van der Waals surface area contributed by atoms with Gasteiger partial charge in [0.1, 0.15) is 22.3 Å². The molecule has 0 N–H and O–H groups in total. The zero-order valence-corrected chi connectivity index (χ0v) is 40.4. The van der Waals surface area contributed by atoms with Crippen LogP contribution in [0.25, 0.3) is 150 Å². The molecular weight excluding hydrogens is 917 g/mol. The van der Waals surface area contributed by atoms with Crippen LogP contribution in [0.2, 0.25) is 0 Å². The highest BCUT2D eigenvalue weighted by atomic mass is 16.3. The Hall–Kier alpha value is -10.2. The maximum atomic E-state index is 6.44. The fourth-order valence-electron chi connectivity index (χ4n) is 11.1. The summed E-state index contributed by atoms with van der Waals surface area (Å²) in [6.07, 6.45) is 0. The second-order valence-electron chi connectivity index (χ2n) is 19.1. The molecule has 6 heteroatoms. The van der Waals surface area contributed by atoms with Crippen LogP contribution in [0.5, 0.6) is 0 Å². The van der Waals surface area contributed by atoms with Crippen molar-refractivity contribution in [1.29, 1.82) is 0 Å². The summed E-state index contributed by atoms with van der Waals surface area (Å²) < 4.78 is 15.2. The molecule has 0 fully saturated rings. The first kappa shape index (κ1) is 42.5. The van der Waals surface area contributed by atoms with Crippen molar-refractivity contribution in [3.63, 3.8) is 0 Å². The molecule has 0 spiro atoms. The van der Waals surface area contributed by atoms with Gasteiger partial charge in [-0.15, -0.1) is 0 Å². The van der Waals surface area contributed by atoms with E-state index in [2.05, 4.69) is 199 Å². The summed E-state index contributed by atoms with van der Waals surface area (Å²) in [5.41, 5.74) is 17.9. The summed E-state index contributed by atoms with van der Waals surface area (Å²) in [6.45, 7) is 0. The van der Waals surface area contributed by atoms with Gasteiger partial charge in [0.15, 0.2) is 17.5 Å². The first-order chi connectivity index (χ1) is 37.2. The number of fused-ring (bicyclic) bond motifs is 9. The molecule has 75 heavy (non-hydrogen) atoms. The van der Waals surface area contributed by atoms with Crippen molar-refractivity contribution in [1.82, 2.24) is 19.5 Å². The van der Waals surface area contributed by atoms with Crippen LogP contribution in [-0.2, 0) is 0 Å². The number of benzene rings is 11. The summed E-state index contributed by atoms with van der Waals surface area (Å²) in [4.78, 5) is 16.3. The Morgan fingerprint density at radius 2 is 0.693 bits per heavy atom. The first-order valence-electron chi connectivity index (χ1n) is 25.2. The second-order valence-corrected chi connectivity index (χ2v) is 19.1. The van der Waals surface area contributed by atoms with Gasteiger partial charge in [-0.1, -0.05) is 182 Å². The lowest BCUT2D eigenvalue weighted by molar-refractivity contribution is 0.668. The van der Waals surface area contributed by atoms with Gasteiger partial charge in [-0.05, 0) is 106 Å². The largest absolute Gasteiger partial charge is 0.456 e. The average Bonchev–Trinajstić information content (AvgIpc) is 4.17. The summed E-state index contributed by atoms with van der Waals surface area (Å²) in [6, 6.07) is 89.7. The Bertz CT molecular complexity index is 4530. The van der Waals surface area contributed by atoms with Crippen molar-refractivity contribution in [2.45, 2.75) is 0 Å². The van der Waals surface area contributed by atoms with E-state index >= 15 is 0 Å². The summed E-state index contributed by atoms with van der Waals surface area (Å²) in [5, 5.41) is 6.32. The van der Waals surface area contributed by atoms with E-state index in [1.165, 1.54) is 21.9 Å². The van der Waals surface area contributed by atoms with Crippen LogP contribution in [0.4, 0.5) is 0 Å². The minimum Gasteiger partial charge on any atom is -0.456 e. The SMILES string of the molecule is c1ccc(-c2ccc3c(c2)c2cc(-c4ccccc4)ccc2n3-c2c(-c3ccccc3)cc(-c3nc(-c4ccc5oc6ccccc6c5c4)nc(-c4cccc5oc6ccccc6c45)n3)cc2-c2ccccc2)cc1. The van der Waals surface area contributed by atoms with E-state index in [9.17, 15) is 0 Å². The molecule has 0 unspecified atom stereocenters. The Morgan fingerprint density at radius 3 is 1.29 bits per heavy atom. The van der Waals surface area contributed by atoms with Crippen LogP contribution in [0, 0.1) is 0 Å². The number of aromatic nitrogens is 4. The summed E-state index contributed by atoms with van der Waals surface area (Å²) in [7, 11) is 0. The van der Waals surface area contributed by atoms with Crippen molar-refractivity contribution < 1.29 is 8.83 Å². The molecule has 0 atom stereocenters. The summed E-state index contributed by atoms with van der Waals surface area (Å²) in [5.74, 6) is 1.63. The molecule has 15 aromatic rings. The minimum absolute atomic E-state index is 0.542.